The van der Waals surface area contributed by atoms with E-state index in [4.69, 9.17) is 0 Å². The van der Waals surface area contributed by atoms with Crippen LogP contribution < -0.4 is 5.32 Å². The van der Waals surface area contributed by atoms with Crippen molar-refractivity contribution in [2.24, 2.45) is 11.3 Å². The number of fused-ring (bicyclic) bond motifs is 2. The third-order valence-corrected chi connectivity index (χ3v) is 5.35. The third-order valence-electron chi connectivity index (χ3n) is 5.35. The van der Waals surface area contributed by atoms with Crippen molar-refractivity contribution in [3.63, 3.8) is 0 Å². The smallest absolute Gasteiger partial charge is 0.0152 e. The van der Waals surface area contributed by atoms with Crippen molar-refractivity contribution in [1.82, 2.24) is 5.32 Å². The first-order chi connectivity index (χ1) is 7.41. The highest BCUT2D eigenvalue weighted by atomic mass is 15.0. The van der Waals surface area contributed by atoms with Gasteiger partial charge in [-0.15, -0.1) is 0 Å². The molecule has 1 saturated heterocycles. The zero-order chi connectivity index (χ0) is 10.1. The van der Waals surface area contributed by atoms with E-state index < -0.39 is 0 Å². The van der Waals surface area contributed by atoms with Gasteiger partial charge in [0.05, 0.1) is 0 Å². The lowest BCUT2D eigenvalue weighted by molar-refractivity contribution is 0.0196. The predicted molar refractivity (Wildman–Crippen MR) is 63.9 cm³/mol. The summed E-state index contributed by atoms with van der Waals surface area (Å²) in [6.45, 7) is 1.29. The second-order valence-electron chi connectivity index (χ2n) is 6.15. The standard InChI is InChI=1S/C14H25N/c1-2-8-14(9-3-1)10-4-6-12-7-5-11-15-13(12)14/h12-13,15H,1-11H2. The SMILES string of the molecule is C1CCC2(CC1)CCCC1CCCNC12. The molecule has 1 nitrogen and oxygen atoms in total. The average molecular weight is 207 g/mol. The molecule has 3 rings (SSSR count). The highest BCUT2D eigenvalue weighted by molar-refractivity contribution is 5.01. The molecule has 2 unspecified atom stereocenters. The van der Waals surface area contributed by atoms with Crippen LogP contribution >= 0.6 is 0 Å². The molecule has 2 aliphatic carbocycles. The number of rotatable bonds is 0. The lowest BCUT2D eigenvalue weighted by atomic mass is 9.58. The maximum Gasteiger partial charge on any atom is 0.0152 e. The fourth-order valence-corrected chi connectivity index (χ4v) is 4.67. The Bertz CT molecular complexity index is 210. The molecule has 2 atom stereocenters. The van der Waals surface area contributed by atoms with E-state index in [1.165, 1.54) is 70.8 Å². The zero-order valence-electron chi connectivity index (χ0n) is 9.93. The minimum absolute atomic E-state index is 0.738. The van der Waals surface area contributed by atoms with Crippen LogP contribution in [0, 0.1) is 11.3 Å². The van der Waals surface area contributed by atoms with Crippen LogP contribution in [0.4, 0.5) is 0 Å². The minimum Gasteiger partial charge on any atom is -0.313 e. The number of hydrogen-bond donors (Lipinski definition) is 1. The van der Waals surface area contributed by atoms with Gasteiger partial charge < -0.3 is 5.32 Å². The largest absolute Gasteiger partial charge is 0.313 e. The summed E-state index contributed by atoms with van der Waals surface area (Å²) >= 11 is 0. The van der Waals surface area contributed by atoms with Gasteiger partial charge in [0.1, 0.15) is 0 Å². The molecule has 0 radical (unpaired) electrons. The third kappa shape index (κ3) is 1.73. The second kappa shape index (κ2) is 4.08. The van der Waals surface area contributed by atoms with Crippen LogP contribution in [0.5, 0.6) is 0 Å². The van der Waals surface area contributed by atoms with Crippen LogP contribution in [0.15, 0.2) is 0 Å². The second-order valence-corrected chi connectivity index (χ2v) is 6.15. The van der Waals surface area contributed by atoms with Crippen LogP contribution in [0.1, 0.15) is 64.2 Å². The van der Waals surface area contributed by atoms with E-state index in [0.717, 1.165) is 17.4 Å². The Morgan fingerprint density at radius 3 is 2.40 bits per heavy atom. The first-order valence-electron chi connectivity index (χ1n) is 7.14. The minimum atomic E-state index is 0.738. The Morgan fingerprint density at radius 2 is 1.53 bits per heavy atom. The lowest BCUT2D eigenvalue weighted by Gasteiger charge is -2.52. The molecule has 0 bridgehead atoms. The van der Waals surface area contributed by atoms with Gasteiger partial charge in [-0.05, 0) is 56.4 Å². The summed E-state index contributed by atoms with van der Waals surface area (Å²) < 4.78 is 0. The summed E-state index contributed by atoms with van der Waals surface area (Å²) in [5.41, 5.74) is 0.738. The molecular formula is C14H25N. The number of nitrogens with one attached hydrogen (secondary N) is 1. The van der Waals surface area contributed by atoms with Crippen molar-refractivity contribution in [2.75, 3.05) is 6.54 Å². The molecule has 0 aromatic rings. The van der Waals surface area contributed by atoms with Gasteiger partial charge in [-0.1, -0.05) is 25.7 Å². The average Bonchev–Trinajstić information content (AvgIpc) is 2.31. The highest BCUT2D eigenvalue weighted by Gasteiger charge is 2.46. The molecule has 0 aromatic heterocycles. The molecule has 1 N–H and O–H groups in total. The number of piperidine rings is 1. The Hall–Kier alpha value is -0.0400. The van der Waals surface area contributed by atoms with Gasteiger partial charge in [0, 0.05) is 6.04 Å². The lowest BCUT2D eigenvalue weighted by Crippen LogP contribution is -2.55. The topological polar surface area (TPSA) is 12.0 Å². The summed E-state index contributed by atoms with van der Waals surface area (Å²) in [5.74, 6) is 1.03. The fraction of sp³-hybridized carbons (Fsp3) is 1.00. The normalized spacial score (nSPS) is 40.0. The van der Waals surface area contributed by atoms with Gasteiger partial charge in [0.2, 0.25) is 0 Å². The van der Waals surface area contributed by atoms with Crippen molar-refractivity contribution >= 4 is 0 Å². The Balaban J connectivity index is 1.79. The van der Waals surface area contributed by atoms with Crippen molar-refractivity contribution in [1.29, 1.82) is 0 Å². The molecule has 15 heavy (non-hydrogen) atoms. The van der Waals surface area contributed by atoms with Gasteiger partial charge in [0.15, 0.2) is 0 Å². The Labute approximate surface area is 94.0 Å². The summed E-state index contributed by atoms with van der Waals surface area (Å²) in [6.07, 6.45) is 15.1. The van der Waals surface area contributed by atoms with Crippen LogP contribution in [-0.2, 0) is 0 Å². The van der Waals surface area contributed by atoms with Crippen molar-refractivity contribution < 1.29 is 0 Å². The molecule has 3 aliphatic rings. The van der Waals surface area contributed by atoms with Crippen molar-refractivity contribution in [3.05, 3.63) is 0 Å². The van der Waals surface area contributed by atoms with Crippen molar-refractivity contribution in [3.8, 4) is 0 Å². The first kappa shape index (κ1) is 10.1. The summed E-state index contributed by atoms with van der Waals surface area (Å²) in [6, 6.07) is 0.903. The quantitative estimate of drug-likeness (QED) is 0.641. The van der Waals surface area contributed by atoms with E-state index >= 15 is 0 Å². The summed E-state index contributed by atoms with van der Waals surface area (Å²) in [4.78, 5) is 0. The Kier molecular flexibility index (Phi) is 2.76. The summed E-state index contributed by atoms with van der Waals surface area (Å²) in [5, 5.41) is 3.88. The van der Waals surface area contributed by atoms with Gasteiger partial charge in [-0.3, -0.25) is 0 Å². The van der Waals surface area contributed by atoms with E-state index in [9.17, 15) is 0 Å². The van der Waals surface area contributed by atoms with E-state index in [1.807, 2.05) is 0 Å². The monoisotopic (exact) mass is 207 g/mol. The fourth-order valence-electron chi connectivity index (χ4n) is 4.67. The molecule has 0 amide bonds. The van der Waals surface area contributed by atoms with Crippen molar-refractivity contribution in [2.45, 2.75) is 70.3 Å². The van der Waals surface area contributed by atoms with Crippen LogP contribution in [0.3, 0.4) is 0 Å². The first-order valence-corrected chi connectivity index (χ1v) is 7.14. The molecule has 1 spiro atoms. The predicted octanol–water partition coefficient (Wildman–Crippen LogP) is 3.49. The van der Waals surface area contributed by atoms with Crippen LogP contribution in [-0.4, -0.2) is 12.6 Å². The molecule has 3 fully saturated rings. The van der Waals surface area contributed by atoms with Gasteiger partial charge >= 0.3 is 0 Å². The summed E-state index contributed by atoms with van der Waals surface area (Å²) in [7, 11) is 0. The zero-order valence-corrected chi connectivity index (χ0v) is 9.93. The molecule has 1 heterocycles. The number of hydrogen-bond acceptors (Lipinski definition) is 1. The van der Waals surface area contributed by atoms with E-state index in [-0.39, 0.29) is 0 Å². The maximum absolute atomic E-state index is 3.88. The molecule has 1 heteroatoms. The van der Waals surface area contributed by atoms with E-state index in [2.05, 4.69) is 5.32 Å². The van der Waals surface area contributed by atoms with Gasteiger partial charge in [-0.25, -0.2) is 0 Å². The van der Waals surface area contributed by atoms with E-state index in [1.54, 1.807) is 0 Å². The Morgan fingerprint density at radius 1 is 0.800 bits per heavy atom. The highest BCUT2D eigenvalue weighted by Crippen LogP contribution is 2.51. The molecule has 1 aliphatic heterocycles. The molecule has 0 aromatic carbocycles. The molecule has 2 saturated carbocycles. The van der Waals surface area contributed by atoms with Gasteiger partial charge in [-0.2, -0.15) is 0 Å². The van der Waals surface area contributed by atoms with E-state index in [0.29, 0.717) is 0 Å². The molecule has 86 valence electrons. The molecular weight excluding hydrogens is 182 g/mol. The van der Waals surface area contributed by atoms with Crippen LogP contribution in [0.25, 0.3) is 0 Å². The van der Waals surface area contributed by atoms with Gasteiger partial charge in [0.25, 0.3) is 0 Å². The van der Waals surface area contributed by atoms with Crippen LogP contribution in [0.2, 0.25) is 0 Å². The maximum atomic E-state index is 3.88.